The maximum absolute atomic E-state index is 15.2. The van der Waals surface area contributed by atoms with Crippen LogP contribution in [0.5, 0.6) is 0 Å². The first kappa shape index (κ1) is 35.8. The van der Waals surface area contributed by atoms with Crippen LogP contribution >= 0.6 is 0 Å². The minimum Gasteiger partial charge on any atom is -0.393 e. The van der Waals surface area contributed by atoms with E-state index in [1.165, 1.54) is 33.4 Å². The highest BCUT2D eigenvalue weighted by Crippen LogP contribution is 2.74. The summed E-state index contributed by atoms with van der Waals surface area (Å²) in [5, 5.41) is 11.3. The van der Waals surface area contributed by atoms with Crippen molar-refractivity contribution in [3.63, 3.8) is 0 Å². The molecule has 11 rings (SSSR count). The highest BCUT2D eigenvalue weighted by molar-refractivity contribution is 5.69. The number of rotatable bonds is 8. The third-order valence-electron chi connectivity index (χ3n) is 17.4. The van der Waals surface area contributed by atoms with Gasteiger partial charge in [0.15, 0.2) is 0 Å². The number of hydrogen-bond acceptors (Lipinski definition) is 3. The van der Waals surface area contributed by atoms with Gasteiger partial charge in [-0.2, -0.15) is 0 Å². The van der Waals surface area contributed by atoms with Gasteiger partial charge in [-0.1, -0.05) is 114 Å². The Hall–Kier alpha value is -3.64. The fraction of sp³-hybridized carbons (Fsp3) is 0.592. The minimum absolute atomic E-state index is 0.0498. The molecule has 2 spiro atoms. The van der Waals surface area contributed by atoms with E-state index < -0.39 is 17.2 Å². The summed E-state index contributed by atoms with van der Waals surface area (Å²) in [5.41, 5.74) is 6.45. The van der Waals surface area contributed by atoms with E-state index in [1.807, 2.05) is 9.36 Å². The molecule has 6 heteroatoms. The maximum atomic E-state index is 15.2. The van der Waals surface area contributed by atoms with E-state index >= 15 is 9.59 Å². The fourth-order valence-electron chi connectivity index (χ4n) is 14.3. The van der Waals surface area contributed by atoms with Crippen LogP contribution in [-0.4, -0.2) is 25.1 Å². The van der Waals surface area contributed by atoms with E-state index in [-0.39, 0.29) is 34.0 Å². The van der Waals surface area contributed by atoms with Crippen LogP contribution in [0.4, 0.5) is 0 Å². The van der Waals surface area contributed by atoms with E-state index in [0.29, 0.717) is 49.0 Å². The van der Waals surface area contributed by atoms with Crippen LogP contribution in [0.1, 0.15) is 106 Å². The van der Waals surface area contributed by atoms with Gasteiger partial charge in [-0.3, -0.25) is 0 Å². The standard InChI is InChI=1S/C49H61N3O3/c1-30(2)31(3)15-16-32(4)39-19-20-40-46(39,5)23-22-41-47(6)24-21-37(53)29-48(47)25-26-49(40,41)52-45(55)50(44(54)51(48)52)27-9-13-35-28-36-12-7-10-33-17-18-34-11-8-14-38(35)43(34)42(33)36/h7-8,10,12,14-18,25-26,28,30-32,37,39-42,53H,9,11,13,19-24,27,29H2,1-6H3. The highest BCUT2D eigenvalue weighted by Gasteiger charge is 2.75. The molecule has 290 valence electrons. The quantitative estimate of drug-likeness (QED) is 0.271. The lowest BCUT2D eigenvalue weighted by atomic mass is 9.40. The lowest BCUT2D eigenvalue weighted by molar-refractivity contribution is -0.199. The van der Waals surface area contributed by atoms with Gasteiger partial charge in [0.2, 0.25) is 0 Å². The predicted octanol–water partition coefficient (Wildman–Crippen LogP) is 9.22. The molecule has 0 radical (unpaired) electrons. The molecular weight excluding hydrogens is 679 g/mol. The number of fused-ring (bicyclic) bond motifs is 1. The second-order valence-corrected chi connectivity index (χ2v) is 20.0. The van der Waals surface area contributed by atoms with Gasteiger partial charge < -0.3 is 5.11 Å². The van der Waals surface area contributed by atoms with E-state index in [9.17, 15) is 5.11 Å². The summed E-state index contributed by atoms with van der Waals surface area (Å²) in [6.07, 6.45) is 36.4. The molecule has 1 aromatic rings. The van der Waals surface area contributed by atoms with Crippen LogP contribution in [0, 0.1) is 52.3 Å². The molecule has 3 saturated carbocycles. The summed E-state index contributed by atoms with van der Waals surface area (Å²) in [6, 6.07) is 0. The molecular formula is C49H61N3O3. The van der Waals surface area contributed by atoms with Crippen molar-refractivity contribution in [2.45, 2.75) is 129 Å². The smallest absolute Gasteiger partial charge is 0.348 e. The fourth-order valence-corrected chi connectivity index (χ4v) is 14.3. The Labute approximate surface area is 327 Å². The van der Waals surface area contributed by atoms with Gasteiger partial charge in [0.05, 0.1) is 17.2 Å². The lowest BCUT2D eigenvalue weighted by Gasteiger charge is -2.71. The molecule has 55 heavy (non-hydrogen) atoms. The number of aromatic nitrogens is 3. The number of allylic oxidation sites excluding steroid dienone is 18. The molecule has 2 aliphatic heterocycles. The van der Waals surface area contributed by atoms with Crippen molar-refractivity contribution in [3.05, 3.63) is 127 Å². The number of aliphatic hydroxyl groups is 1. The summed E-state index contributed by atoms with van der Waals surface area (Å²) < 4.78 is 5.52. The molecule has 3 heterocycles. The maximum Gasteiger partial charge on any atom is 0.348 e. The second-order valence-electron chi connectivity index (χ2n) is 20.0. The molecule has 2 bridgehead atoms. The average molecular weight is 740 g/mol. The van der Waals surface area contributed by atoms with Crippen LogP contribution in [-0.2, 0) is 17.6 Å². The first-order valence-electron chi connectivity index (χ1n) is 21.8. The molecule has 1 N–H and O–H groups in total. The van der Waals surface area contributed by atoms with Crippen molar-refractivity contribution >= 4 is 0 Å². The zero-order valence-corrected chi connectivity index (χ0v) is 33.9. The van der Waals surface area contributed by atoms with Crippen molar-refractivity contribution < 1.29 is 5.11 Å². The molecule has 11 unspecified atom stereocenters. The van der Waals surface area contributed by atoms with E-state index in [1.54, 1.807) is 4.57 Å². The Balaban J connectivity index is 1.03. The van der Waals surface area contributed by atoms with Crippen LogP contribution in [0.15, 0.2) is 116 Å². The van der Waals surface area contributed by atoms with E-state index in [2.05, 4.69) is 114 Å². The van der Waals surface area contributed by atoms with Gasteiger partial charge >= 0.3 is 11.4 Å². The Morgan fingerprint density at radius 3 is 2.53 bits per heavy atom. The minimum atomic E-state index is -0.705. The molecule has 11 atom stereocenters. The number of hydrogen-bond donors (Lipinski definition) is 1. The van der Waals surface area contributed by atoms with Gasteiger partial charge in [0.25, 0.3) is 0 Å². The molecule has 0 saturated heterocycles. The third-order valence-corrected chi connectivity index (χ3v) is 17.4. The van der Waals surface area contributed by atoms with Gasteiger partial charge in [-0.15, -0.1) is 0 Å². The molecule has 0 amide bonds. The van der Waals surface area contributed by atoms with Gasteiger partial charge in [-0.05, 0) is 132 Å². The molecule has 8 aliphatic carbocycles. The van der Waals surface area contributed by atoms with Crippen molar-refractivity contribution in [2.24, 2.45) is 52.3 Å². The normalized spacial score (nSPS) is 39.9. The van der Waals surface area contributed by atoms with Crippen molar-refractivity contribution in [3.8, 4) is 0 Å². The average Bonchev–Trinajstić information content (AvgIpc) is 3.67. The van der Waals surface area contributed by atoms with Crippen LogP contribution in [0.25, 0.3) is 0 Å². The zero-order valence-electron chi connectivity index (χ0n) is 33.9. The van der Waals surface area contributed by atoms with Crippen molar-refractivity contribution in [1.29, 1.82) is 0 Å². The van der Waals surface area contributed by atoms with Crippen molar-refractivity contribution in [1.82, 2.24) is 13.9 Å². The Kier molecular flexibility index (Phi) is 7.92. The van der Waals surface area contributed by atoms with Crippen molar-refractivity contribution in [2.75, 3.05) is 0 Å². The SMILES string of the molecule is CC(C)C(C)C=CC(C)C1CCC2C1(C)CCC1C23C=CC2(CC(O)CCC12C)n1c(=O)n(CCCC2=C4C=CCC5=C4C4C(=CC=CC4=C2)C=C5)c(=O)n13. The Morgan fingerprint density at radius 2 is 1.71 bits per heavy atom. The van der Waals surface area contributed by atoms with Gasteiger partial charge in [-0.25, -0.2) is 23.5 Å². The van der Waals surface area contributed by atoms with Crippen LogP contribution < -0.4 is 11.4 Å². The van der Waals surface area contributed by atoms with E-state index in [0.717, 1.165) is 51.4 Å². The summed E-state index contributed by atoms with van der Waals surface area (Å²) in [5.74, 6) is 2.96. The molecule has 0 aromatic carbocycles. The predicted molar refractivity (Wildman–Crippen MR) is 220 cm³/mol. The summed E-state index contributed by atoms with van der Waals surface area (Å²) in [6.45, 7) is 14.7. The van der Waals surface area contributed by atoms with Crippen LogP contribution in [0.2, 0.25) is 0 Å². The third kappa shape index (κ3) is 4.58. The topological polar surface area (TPSA) is 69.2 Å². The summed E-state index contributed by atoms with van der Waals surface area (Å²) >= 11 is 0. The largest absolute Gasteiger partial charge is 0.393 e. The second kappa shape index (κ2) is 12.2. The Bertz CT molecular complexity index is 2260. The summed E-state index contributed by atoms with van der Waals surface area (Å²) in [7, 11) is 0. The van der Waals surface area contributed by atoms with Gasteiger partial charge in [0, 0.05) is 24.3 Å². The lowest BCUT2D eigenvalue weighted by Crippen LogP contribution is -2.76. The highest BCUT2D eigenvalue weighted by atomic mass is 16.3. The number of aliphatic hydroxyl groups excluding tert-OH is 1. The van der Waals surface area contributed by atoms with Gasteiger partial charge in [0.1, 0.15) is 0 Å². The number of nitrogens with zero attached hydrogens (tertiary/aromatic N) is 3. The van der Waals surface area contributed by atoms with E-state index in [4.69, 9.17) is 0 Å². The molecule has 1 aromatic heterocycles. The Morgan fingerprint density at radius 1 is 0.891 bits per heavy atom. The summed E-state index contributed by atoms with van der Waals surface area (Å²) in [4.78, 5) is 30.2. The zero-order chi connectivity index (χ0) is 38.2. The molecule has 10 aliphatic rings. The monoisotopic (exact) mass is 739 g/mol. The van der Waals surface area contributed by atoms with Crippen LogP contribution in [0.3, 0.4) is 0 Å². The first-order chi connectivity index (χ1) is 26.4. The molecule has 3 fully saturated rings. The first-order valence-corrected chi connectivity index (χ1v) is 21.8. The molecule has 6 nitrogen and oxygen atoms in total.